The highest BCUT2D eigenvalue weighted by molar-refractivity contribution is 9.10. The Morgan fingerprint density at radius 1 is 1.53 bits per heavy atom. The van der Waals surface area contributed by atoms with Gasteiger partial charge in [-0.2, -0.15) is 0 Å². The number of halogens is 1. The second kappa shape index (κ2) is 4.24. The first-order chi connectivity index (χ1) is 7.07. The van der Waals surface area contributed by atoms with Crippen LogP contribution in [0.2, 0.25) is 0 Å². The van der Waals surface area contributed by atoms with Crippen molar-refractivity contribution in [3.8, 4) is 0 Å². The molecule has 0 aliphatic heterocycles. The third kappa shape index (κ3) is 2.80. The third-order valence-electron chi connectivity index (χ3n) is 3.04. The minimum atomic E-state index is -0.583. The highest BCUT2D eigenvalue weighted by atomic mass is 79.9. The summed E-state index contributed by atoms with van der Waals surface area (Å²) in [5.74, 6) is 0. The van der Waals surface area contributed by atoms with Crippen molar-refractivity contribution in [1.82, 2.24) is 0 Å². The minimum absolute atomic E-state index is 0.169. The van der Waals surface area contributed by atoms with Gasteiger partial charge in [-0.1, -0.05) is 28.1 Å². The number of aliphatic hydroxyl groups is 1. The van der Waals surface area contributed by atoms with E-state index in [1.807, 2.05) is 18.2 Å². The summed E-state index contributed by atoms with van der Waals surface area (Å²) >= 11 is 3.43. The molecule has 82 valence electrons. The van der Waals surface area contributed by atoms with Gasteiger partial charge in [0.2, 0.25) is 0 Å². The summed E-state index contributed by atoms with van der Waals surface area (Å²) < 4.78 is 1.06. The first kappa shape index (κ1) is 11.1. The first-order valence-corrected chi connectivity index (χ1v) is 6.09. The van der Waals surface area contributed by atoms with E-state index in [9.17, 15) is 5.11 Å². The van der Waals surface area contributed by atoms with Crippen LogP contribution >= 0.6 is 15.9 Å². The van der Waals surface area contributed by atoms with Crippen molar-refractivity contribution in [2.45, 2.75) is 37.3 Å². The van der Waals surface area contributed by atoms with Crippen LogP contribution < -0.4 is 5.73 Å². The zero-order valence-corrected chi connectivity index (χ0v) is 10.2. The molecule has 1 aliphatic rings. The van der Waals surface area contributed by atoms with E-state index < -0.39 is 5.60 Å². The van der Waals surface area contributed by atoms with E-state index >= 15 is 0 Å². The van der Waals surface area contributed by atoms with Crippen LogP contribution in [-0.2, 0) is 6.42 Å². The molecule has 2 unspecified atom stereocenters. The van der Waals surface area contributed by atoms with Crippen molar-refractivity contribution in [3.05, 3.63) is 34.3 Å². The molecule has 3 N–H and O–H groups in total. The maximum absolute atomic E-state index is 10.3. The molecule has 3 heteroatoms. The van der Waals surface area contributed by atoms with Gasteiger partial charge in [0.05, 0.1) is 5.60 Å². The van der Waals surface area contributed by atoms with Crippen molar-refractivity contribution < 1.29 is 5.11 Å². The summed E-state index contributed by atoms with van der Waals surface area (Å²) in [6.07, 6.45) is 3.19. The lowest BCUT2D eigenvalue weighted by atomic mass is 9.93. The normalized spacial score (nSPS) is 30.7. The lowest BCUT2D eigenvalue weighted by molar-refractivity contribution is 0.0468. The van der Waals surface area contributed by atoms with Crippen LogP contribution in [0.25, 0.3) is 0 Å². The molecule has 1 fully saturated rings. The Bertz CT molecular complexity index is 355. The maximum atomic E-state index is 10.3. The number of hydrogen-bond donors (Lipinski definition) is 2. The van der Waals surface area contributed by atoms with Crippen LogP contribution in [0.3, 0.4) is 0 Å². The molecule has 1 saturated carbocycles. The monoisotopic (exact) mass is 269 g/mol. The minimum Gasteiger partial charge on any atom is -0.389 e. The molecule has 1 aliphatic carbocycles. The van der Waals surface area contributed by atoms with Gasteiger partial charge in [0.25, 0.3) is 0 Å². The molecule has 15 heavy (non-hydrogen) atoms. The van der Waals surface area contributed by atoms with E-state index in [2.05, 4.69) is 22.0 Å². The Hall–Kier alpha value is -0.380. The second-order valence-electron chi connectivity index (χ2n) is 4.53. The Kier molecular flexibility index (Phi) is 3.14. The van der Waals surface area contributed by atoms with Crippen molar-refractivity contribution >= 4 is 15.9 Å². The van der Waals surface area contributed by atoms with Crippen LogP contribution in [0.1, 0.15) is 24.8 Å². The Morgan fingerprint density at radius 3 is 2.93 bits per heavy atom. The van der Waals surface area contributed by atoms with E-state index in [0.717, 1.165) is 23.7 Å². The number of rotatable bonds is 2. The summed E-state index contributed by atoms with van der Waals surface area (Å²) in [4.78, 5) is 0. The van der Waals surface area contributed by atoms with Gasteiger partial charge in [0.1, 0.15) is 0 Å². The first-order valence-electron chi connectivity index (χ1n) is 5.30. The number of benzene rings is 1. The van der Waals surface area contributed by atoms with E-state index in [4.69, 9.17) is 5.73 Å². The average Bonchev–Trinajstić information content (AvgIpc) is 2.45. The third-order valence-corrected chi connectivity index (χ3v) is 3.54. The smallest absolute Gasteiger partial charge is 0.0703 e. The van der Waals surface area contributed by atoms with Gasteiger partial charge in [-0.25, -0.2) is 0 Å². The molecule has 1 aromatic carbocycles. The highest BCUT2D eigenvalue weighted by Crippen LogP contribution is 2.32. The predicted molar refractivity (Wildman–Crippen MR) is 64.6 cm³/mol. The van der Waals surface area contributed by atoms with Crippen LogP contribution in [0.15, 0.2) is 28.7 Å². The molecule has 0 amide bonds. The Balaban J connectivity index is 2.08. The topological polar surface area (TPSA) is 46.2 Å². The largest absolute Gasteiger partial charge is 0.389 e. The zero-order chi connectivity index (χ0) is 10.9. The van der Waals surface area contributed by atoms with Gasteiger partial charge in [0.15, 0.2) is 0 Å². The van der Waals surface area contributed by atoms with E-state index in [1.54, 1.807) is 0 Å². The Morgan fingerprint density at radius 2 is 2.33 bits per heavy atom. The molecule has 1 aromatic rings. The summed E-state index contributed by atoms with van der Waals surface area (Å²) in [7, 11) is 0. The van der Waals surface area contributed by atoms with Gasteiger partial charge in [-0.15, -0.1) is 0 Å². The lowest BCUT2D eigenvalue weighted by Gasteiger charge is -2.22. The molecule has 2 atom stereocenters. The van der Waals surface area contributed by atoms with Crippen LogP contribution in [-0.4, -0.2) is 16.7 Å². The standard InChI is InChI=1S/C12H16BrNO/c13-10-3-1-2-9(6-10)7-12(15)5-4-11(14)8-12/h1-3,6,11,15H,4-5,7-8,14H2. The quantitative estimate of drug-likeness (QED) is 0.865. The van der Waals surface area contributed by atoms with Crippen molar-refractivity contribution in [1.29, 1.82) is 0 Å². The van der Waals surface area contributed by atoms with E-state index in [-0.39, 0.29) is 6.04 Å². The van der Waals surface area contributed by atoms with Gasteiger partial charge in [-0.05, 0) is 37.0 Å². The number of nitrogens with two attached hydrogens (primary N) is 1. The predicted octanol–water partition coefficient (Wildman–Crippen LogP) is 2.23. The maximum Gasteiger partial charge on any atom is 0.0703 e. The fraction of sp³-hybridized carbons (Fsp3) is 0.500. The molecule has 0 heterocycles. The molecule has 0 aromatic heterocycles. The van der Waals surface area contributed by atoms with Crippen LogP contribution in [0.5, 0.6) is 0 Å². The fourth-order valence-electron chi connectivity index (χ4n) is 2.33. The summed E-state index contributed by atoms with van der Waals surface area (Å²) in [6, 6.07) is 8.27. The molecule has 0 bridgehead atoms. The molecule has 0 radical (unpaired) electrons. The van der Waals surface area contributed by atoms with Crippen molar-refractivity contribution in [2.75, 3.05) is 0 Å². The number of hydrogen-bond acceptors (Lipinski definition) is 2. The van der Waals surface area contributed by atoms with Crippen molar-refractivity contribution in [3.63, 3.8) is 0 Å². The van der Waals surface area contributed by atoms with Gasteiger partial charge >= 0.3 is 0 Å². The molecule has 0 spiro atoms. The van der Waals surface area contributed by atoms with Crippen molar-refractivity contribution in [2.24, 2.45) is 5.73 Å². The summed E-state index contributed by atoms with van der Waals surface area (Å²) in [5, 5.41) is 10.3. The van der Waals surface area contributed by atoms with E-state index in [0.29, 0.717) is 6.42 Å². The molecular weight excluding hydrogens is 254 g/mol. The Labute approximate surface area is 98.6 Å². The zero-order valence-electron chi connectivity index (χ0n) is 8.62. The highest BCUT2D eigenvalue weighted by Gasteiger charge is 2.35. The molecular formula is C12H16BrNO. The molecule has 2 nitrogen and oxygen atoms in total. The average molecular weight is 270 g/mol. The summed E-state index contributed by atoms with van der Waals surface area (Å²) in [6.45, 7) is 0. The SMILES string of the molecule is NC1CCC(O)(Cc2cccc(Br)c2)C1. The van der Waals surface area contributed by atoms with Crippen LogP contribution in [0.4, 0.5) is 0 Å². The van der Waals surface area contributed by atoms with Gasteiger partial charge in [-0.3, -0.25) is 0 Å². The second-order valence-corrected chi connectivity index (χ2v) is 5.45. The van der Waals surface area contributed by atoms with Gasteiger partial charge < -0.3 is 10.8 Å². The summed E-state index contributed by atoms with van der Waals surface area (Å²) in [5.41, 5.74) is 6.41. The fourth-order valence-corrected chi connectivity index (χ4v) is 2.78. The van der Waals surface area contributed by atoms with Gasteiger partial charge in [0, 0.05) is 16.9 Å². The lowest BCUT2D eigenvalue weighted by Crippen LogP contribution is -2.30. The van der Waals surface area contributed by atoms with Crippen LogP contribution in [0, 0.1) is 0 Å². The molecule has 0 saturated heterocycles. The molecule has 2 rings (SSSR count). The van der Waals surface area contributed by atoms with E-state index in [1.165, 1.54) is 5.56 Å².